The second kappa shape index (κ2) is 6.88. The number of rotatable bonds is 4. The number of nitrogens with zero attached hydrogens (tertiary/aromatic N) is 4. The second-order valence-electron chi connectivity index (χ2n) is 6.12. The molecule has 0 saturated carbocycles. The summed E-state index contributed by atoms with van der Waals surface area (Å²) in [6, 6.07) is 10.1. The zero-order valence-electron chi connectivity index (χ0n) is 14.3. The number of hydrogen-bond acceptors (Lipinski definition) is 4. The Kier molecular flexibility index (Phi) is 4.65. The fraction of sp³-hybridized carbons (Fsp3) is 0.333. The van der Waals surface area contributed by atoms with E-state index in [0.29, 0.717) is 24.5 Å². The molecule has 0 aliphatic carbocycles. The number of carbonyl (C=O) groups excluding carboxylic acids is 1. The van der Waals surface area contributed by atoms with Crippen LogP contribution in [0, 0.1) is 24.0 Å². The van der Waals surface area contributed by atoms with Crippen LogP contribution in [0.5, 0.6) is 0 Å². The monoisotopic (exact) mass is 340 g/mol. The number of carbonyl (C=O) groups is 1. The molecule has 0 N–H and O–H groups in total. The van der Waals surface area contributed by atoms with E-state index in [0.717, 1.165) is 6.42 Å². The zero-order chi connectivity index (χ0) is 18.0. The van der Waals surface area contributed by atoms with Gasteiger partial charge in [-0.3, -0.25) is 19.6 Å². The van der Waals surface area contributed by atoms with Crippen LogP contribution in [0.3, 0.4) is 0 Å². The van der Waals surface area contributed by atoms with E-state index in [-0.39, 0.29) is 18.1 Å². The van der Waals surface area contributed by atoms with E-state index in [1.54, 1.807) is 18.7 Å². The van der Waals surface area contributed by atoms with Gasteiger partial charge in [0.1, 0.15) is 17.9 Å². The van der Waals surface area contributed by atoms with Crippen LogP contribution in [0.25, 0.3) is 5.57 Å². The van der Waals surface area contributed by atoms with Crippen LogP contribution in [0.4, 0.5) is 5.69 Å². The smallest absolute Gasteiger partial charge is 0.312 e. The van der Waals surface area contributed by atoms with Crippen LogP contribution in [-0.4, -0.2) is 38.6 Å². The molecule has 1 aromatic carbocycles. The molecule has 1 aromatic heterocycles. The first-order valence-electron chi connectivity index (χ1n) is 8.18. The third-order valence-corrected chi connectivity index (χ3v) is 4.52. The van der Waals surface area contributed by atoms with Gasteiger partial charge < -0.3 is 4.90 Å². The highest BCUT2D eigenvalue weighted by atomic mass is 16.6. The Morgan fingerprint density at radius 1 is 1.28 bits per heavy atom. The lowest BCUT2D eigenvalue weighted by Gasteiger charge is -2.26. The lowest BCUT2D eigenvalue weighted by atomic mass is 9.99. The molecule has 2 aromatic rings. The van der Waals surface area contributed by atoms with Gasteiger partial charge in [0.15, 0.2) is 0 Å². The average Bonchev–Trinajstić information content (AvgIpc) is 2.89. The van der Waals surface area contributed by atoms with Crippen LogP contribution in [0.15, 0.2) is 36.4 Å². The van der Waals surface area contributed by atoms with Gasteiger partial charge in [0.2, 0.25) is 5.91 Å². The summed E-state index contributed by atoms with van der Waals surface area (Å²) in [7, 11) is 0. The van der Waals surface area contributed by atoms with Crippen LogP contribution >= 0.6 is 0 Å². The molecule has 1 aliphatic heterocycles. The SMILES string of the molecule is Cc1nn(CC(=O)N2CC=C(c3ccccc3)CC2)c(C)c1[N+](=O)[O-]. The average molecular weight is 340 g/mol. The van der Waals surface area contributed by atoms with Crippen molar-refractivity contribution in [2.24, 2.45) is 0 Å². The van der Waals surface area contributed by atoms with Crippen molar-refractivity contribution in [1.29, 1.82) is 0 Å². The summed E-state index contributed by atoms with van der Waals surface area (Å²) in [6.45, 7) is 4.41. The molecule has 0 atom stereocenters. The first-order chi connectivity index (χ1) is 12.0. The van der Waals surface area contributed by atoms with Gasteiger partial charge >= 0.3 is 5.69 Å². The van der Waals surface area contributed by atoms with Crippen molar-refractivity contribution in [3.63, 3.8) is 0 Å². The normalized spacial score (nSPS) is 14.3. The van der Waals surface area contributed by atoms with Gasteiger partial charge in [0.25, 0.3) is 0 Å². The first-order valence-corrected chi connectivity index (χ1v) is 8.18. The first kappa shape index (κ1) is 16.9. The van der Waals surface area contributed by atoms with Crippen molar-refractivity contribution in [3.05, 3.63) is 63.5 Å². The Labute approximate surface area is 145 Å². The van der Waals surface area contributed by atoms with Gasteiger partial charge in [-0.25, -0.2) is 0 Å². The van der Waals surface area contributed by atoms with Gasteiger partial charge in [-0.05, 0) is 31.4 Å². The van der Waals surface area contributed by atoms with Crippen molar-refractivity contribution in [2.75, 3.05) is 13.1 Å². The molecule has 25 heavy (non-hydrogen) atoms. The summed E-state index contributed by atoms with van der Waals surface area (Å²) in [5.41, 5.74) is 3.15. The van der Waals surface area contributed by atoms with E-state index < -0.39 is 4.92 Å². The molecule has 7 nitrogen and oxygen atoms in total. The number of benzene rings is 1. The minimum atomic E-state index is -0.450. The highest BCUT2D eigenvalue weighted by molar-refractivity contribution is 5.78. The number of amides is 1. The molecule has 0 spiro atoms. The largest absolute Gasteiger partial charge is 0.337 e. The Balaban J connectivity index is 1.69. The molecule has 0 saturated heterocycles. The maximum atomic E-state index is 12.5. The number of hydrogen-bond donors (Lipinski definition) is 0. The van der Waals surface area contributed by atoms with Crippen molar-refractivity contribution in [3.8, 4) is 0 Å². The lowest BCUT2D eigenvalue weighted by Crippen LogP contribution is -2.37. The van der Waals surface area contributed by atoms with E-state index in [2.05, 4.69) is 23.3 Å². The van der Waals surface area contributed by atoms with Gasteiger partial charge in [0, 0.05) is 13.1 Å². The Morgan fingerprint density at radius 2 is 2.00 bits per heavy atom. The van der Waals surface area contributed by atoms with Crippen molar-refractivity contribution in [1.82, 2.24) is 14.7 Å². The predicted octanol–water partition coefficient (Wildman–Crippen LogP) is 2.72. The van der Waals surface area contributed by atoms with Crippen molar-refractivity contribution < 1.29 is 9.72 Å². The molecular formula is C18H20N4O3. The molecule has 1 aliphatic rings. The third-order valence-electron chi connectivity index (χ3n) is 4.52. The van der Waals surface area contributed by atoms with Gasteiger partial charge in [-0.2, -0.15) is 5.10 Å². The van der Waals surface area contributed by atoms with Crippen LogP contribution in [-0.2, 0) is 11.3 Å². The molecule has 0 fully saturated rings. The molecular weight excluding hydrogens is 320 g/mol. The third kappa shape index (κ3) is 3.45. The Hall–Kier alpha value is -2.96. The standard InChI is InChI=1S/C18H20N4O3/c1-13-18(22(24)25)14(2)21(19-13)12-17(23)20-10-8-16(9-11-20)15-6-4-3-5-7-15/h3-8H,9-12H2,1-2H3. The molecule has 0 radical (unpaired) electrons. The Bertz CT molecular complexity index is 840. The highest BCUT2D eigenvalue weighted by Crippen LogP contribution is 2.24. The van der Waals surface area contributed by atoms with E-state index in [1.165, 1.54) is 15.8 Å². The van der Waals surface area contributed by atoms with Crippen LogP contribution < -0.4 is 0 Å². The van der Waals surface area contributed by atoms with Gasteiger partial charge in [0.05, 0.1) is 4.92 Å². The summed E-state index contributed by atoms with van der Waals surface area (Å²) in [5, 5.41) is 15.2. The molecule has 130 valence electrons. The summed E-state index contributed by atoms with van der Waals surface area (Å²) in [6.07, 6.45) is 2.87. The summed E-state index contributed by atoms with van der Waals surface area (Å²) in [5.74, 6) is -0.0798. The number of aromatic nitrogens is 2. The van der Waals surface area contributed by atoms with Crippen molar-refractivity contribution in [2.45, 2.75) is 26.8 Å². The summed E-state index contributed by atoms with van der Waals surface area (Å²) >= 11 is 0. The number of nitro groups is 1. The molecule has 0 unspecified atom stereocenters. The predicted molar refractivity (Wildman–Crippen MR) is 94.0 cm³/mol. The maximum Gasteiger partial charge on any atom is 0.312 e. The number of aryl methyl sites for hydroxylation is 1. The Morgan fingerprint density at radius 3 is 2.56 bits per heavy atom. The topological polar surface area (TPSA) is 81.3 Å². The van der Waals surface area contributed by atoms with Gasteiger partial charge in [-0.15, -0.1) is 0 Å². The van der Waals surface area contributed by atoms with E-state index in [9.17, 15) is 14.9 Å². The van der Waals surface area contributed by atoms with Crippen LogP contribution in [0.2, 0.25) is 0 Å². The maximum absolute atomic E-state index is 12.5. The fourth-order valence-electron chi connectivity index (χ4n) is 3.14. The summed E-state index contributed by atoms with van der Waals surface area (Å²) < 4.78 is 1.42. The van der Waals surface area contributed by atoms with E-state index in [4.69, 9.17) is 0 Å². The molecule has 7 heteroatoms. The minimum absolute atomic E-state index is 0.0160. The molecule has 3 rings (SSSR count). The van der Waals surface area contributed by atoms with E-state index in [1.807, 2.05) is 18.2 Å². The summed E-state index contributed by atoms with van der Waals surface area (Å²) in [4.78, 5) is 24.9. The van der Waals surface area contributed by atoms with Crippen molar-refractivity contribution >= 4 is 17.2 Å². The molecule has 2 heterocycles. The quantitative estimate of drug-likeness (QED) is 0.633. The molecule has 0 bridgehead atoms. The lowest BCUT2D eigenvalue weighted by molar-refractivity contribution is -0.386. The minimum Gasteiger partial charge on any atom is -0.337 e. The fourth-order valence-corrected chi connectivity index (χ4v) is 3.14. The van der Waals surface area contributed by atoms with E-state index >= 15 is 0 Å². The van der Waals surface area contributed by atoms with Gasteiger partial charge in [-0.1, -0.05) is 36.4 Å². The zero-order valence-corrected chi connectivity index (χ0v) is 14.3. The molecule has 1 amide bonds. The second-order valence-corrected chi connectivity index (χ2v) is 6.12. The highest BCUT2D eigenvalue weighted by Gasteiger charge is 2.25. The van der Waals surface area contributed by atoms with Crippen LogP contribution in [0.1, 0.15) is 23.4 Å².